The third kappa shape index (κ3) is 4.89. The summed E-state index contributed by atoms with van der Waals surface area (Å²) in [6, 6.07) is 8.75. The lowest BCUT2D eigenvalue weighted by atomic mass is 10.0. The Kier molecular flexibility index (Phi) is 6.51. The molecule has 1 aliphatic rings. The molecule has 1 unspecified atom stereocenters. The molecule has 20 heavy (non-hydrogen) atoms. The molecule has 0 spiro atoms. The second kappa shape index (κ2) is 8.40. The van der Waals surface area contributed by atoms with Crippen molar-refractivity contribution in [1.82, 2.24) is 10.2 Å². The normalized spacial score (nSPS) is 19.4. The summed E-state index contributed by atoms with van der Waals surface area (Å²) < 4.78 is 5.57. The maximum atomic E-state index is 5.57. The maximum Gasteiger partial charge on any atom is 0.0506 e. The molecule has 112 valence electrons. The predicted molar refractivity (Wildman–Crippen MR) is 83.7 cm³/mol. The molecule has 0 amide bonds. The van der Waals surface area contributed by atoms with E-state index in [4.69, 9.17) is 4.74 Å². The molecule has 0 aliphatic carbocycles. The number of ether oxygens (including phenoxy) is 1. The summed E-state index contributed by atoms with van der Waals surface area (Å²) in [7, 11) is 2.22. The molecular weight excluding hydrogens is 248 g/mol. The molecule has 0 radical (unpaired) electrons. The van der Waals surface area contributed by atoms with Crippen LogP contribution in [0.4, 0.5) is 0 Å². The van der Waals surface area contributed by atoms with E-state index in [2.05, 4.69) is 48.5 Å². The van der Waals surface area contributed by atoms with Crippen molar-refractivity contribution in [2.75, 3.05) is 33.4 Å². The van der Waals surface area contributed by atoms with E-state index in [9.17, 15) is 0 Å². The van der Waals surface area contributed by atoms with Crippen molar-refractivity contribution in [1.29, 1.82) is 0 Å². The fraction of sp³-hybridized carbons (Fsp3) is 0.647. The van der Waals surface area contributed by atoms with Gasteiger partial charge in [-0.15, -0.1) is 0 Å². The first-order valence-electron chi connectivity index (χ1n) is 7.83. The molecule has 1 atom stereocenters. The molecule has 1 heterocycles. The molecule has 0 saturated carbocycles. The first kappa shape index (κ1) is 15.5. The Morgan fingerprint density at radius 2 is 2.10 bits per heavy atom. The standard InChI is InChI=1S/C17H28N2O/c1-3-18-11-16-8-4-5-9-17(16)13-19(2)12-15-7-6-10-20-14-15/h4-5,8-9,15,18H,3,6-7,10-14H2,1-2H3. The van der Waals surface area contributed by atoms with Gasteiger partial charge in [0.25, 0.3) is 0 Å². The van der Waals surface area contributed by atoms with Crippen molar-refractivity contribution >= 4 is 0 Å². The lowest BCUT2D eigenvalue weighted by Gasteiger charge is -2.27. The Morgan fingerprint density at radius 1 is 1.30 bits per heavy atom. The van der Waals surface area contributed by atoms with Gasteiger partial charge in [0.1, 0.15) is 0 Å². The summed E-state index contributed by atoms with van der Waals surface area (Å²) in [5, 5.41) is 3.42. The summed E-state index contributed by atoms with van der Waals surface area (Å²) in [4.78, 5) is 2.43. The summed E-state index contributed by atoms with van der Waals surface area (Å²) in [5.41, 5.74) is 2.86. The zero-order valence-electron chi connectivity index (χ0n) is 12.9. The van der Waals surface area contributed by atoms with E-state index in [-0.39, 0.29) is 0 Å². The zero-order valence-corrected chi connectivity index (χ0v) is 12.9. The molecule has 1 aromatic rings. The van der Waals surface area contributed by atoms with Crippen LogP contribution in [0, 0.1) is 5.92 Å². The second-order valence-electron chi connectivity index (χ2n) is 5.83. The average Bonchev–Trinajstić information content (AvgIpc) is 2.47. The number of rotatable bonds is 7. The van der Waals surface area contributed by atoms with Crippen LogP contribution >= 0.6 is 0 Å². The van der Waals surface area contributed by atoms with E-state index < -0.39 is 0 Å². The molecule has 1 saturated heterocycles. The van der Waals surface area contributed by atoms with Gasteiger partial charge in [-0.25, -0.2) is 0 Å². The van der Waals surface area contributed by atoms with Gasteiger partial charge in [-0.05, 0) is 43.5 Å². The minimum atomic E-state index is 0.703. The van der Waals surface area contributed by atoms with Gasteiger partial charge in [-0.2, -0.15) is 0 Å². The molecule has 1 aliphatic heterocycles. The topological polar surface area (TPSA) is 24.5 Å². The highest BCUT2D eigenvalue weighted by Gasteiger charge is 2.16. The quantitative estimate of drug-likeness (QED) is 0.828. The fourth-order valence-corrected chi connectivity index (χ4v) is 2.89. The third-order valence-corrected chi connectivity index (χ3v) is 3.95. The highest BCUT2D eigenvalue weighted by molar-refractivity contribution is 5.26. The summed E-state index contributed by atoms with van der Waals surface area (Å²) in [6.45, 7) is 8.18. The average molecular weight is 276 g/mol. The summed E-state index contributed by atoms with van der Waals surface area (Å²) in [6.07, 6.45) is 2.53. The molecule has 0 bridgehead atoms. The Balaban J connectivity index is 1.87. The molecule has 1 N–H and O–H groups in total. The van der Waals surface area contributed by atoms with Gasteiger partial charge in [0, 0.05) is 26.2 Å². The van der Waals surface area contributed by atoms with Gasteiger partial charge in [0.15, 0.2) is 0 Å². The Morgan fingerprint density at radius 3 is 2.80 bits per heavy atom. The van der Waals surface area contributed by atoms with Gasteiger partial charge in [-0.3, -0.25) is 0 Å². The minimum absolute atomic E-state index is 0.703. The third-order valence-electron chi connectivity index (χ3n) is 3.95. The van der Waals surface area contributed by atoms with E-state index in [0.29, 0.717) is 5.92 Å². The number of nitrogens with zero attached hydrogens (tertiary/aromatic N) is 1. The molecule has 0 aromatic heterocycles. The van der Waals surface area contributed by atoms with Gasteiger partial charge < -0.3 is 15.0 Å². The minimum Gasteiger partial charge on any atom is -0.381 e. The van der Waals surface area contributed by atoms with Crippen molar-refractivity contribution in [3.63, 3.8) is 0 Å². The van der Waals surface area contributed by atoms with Crippen LogP contribution in [0.15, 0.2) is 24.3 Å². The van der Waals surface area contributed by atoms with Crippen molar-refractivity contribution in [2.24, 2.45) is 5.92 Å². The molecule has 3 heteroatoms. The van der Waals surface area contributed by atoms with Gasteiger partial charge in [-0.1, -0.05) is 31.2 Å². The molecule has 2 rings (SSSR count). The largest absolute Gasteiger partial charge is 0.381 e. The van der Waals surface area contributed by atoms with Crippen LogP contribution in [0.2, 0.25) is 0 Å². The Bertz CT molecular complexity index is 388. The van der Waals surface area contributed by atoms with Crippen LogP contribution in [0.5, 0.6) is 0 Å². The number of hydrogen-bond acceptors (Lipinski definition) is 3. The number of hydrogen-bond donors (Lipinski definition) is 1. The lowest BCUT2D eigenvalue weighted by molar-refractivity contribution is 0.0411. The summed E-state index contributed by atoms with van der Waals surface area (Å²) >= 11 is 0. The smallest absolute Gasteiger partial charge is 0.0506 e. The van der Waals surface area contributed by atoms with E-state index in [1.165, 1.54) is 24.0 Å². The van der Waals surface area contributed by atoms with Crippen molar-refractivity contribution in [2.45, 2.75) is 32.9 Å². The predicted octanol–water partition coefficient (Wildman–Crippen LogP) is 2.65. The highest BCUT2D eigenvalue weighted by atomic mass is 16.5. The van der Waals surface area contributed by atoms with E-state index in [0.717, 1.165) is 39.4 Å². The fourth-order valence-electron chi connectivity index (χ4n) is 2.89. The molecule has 1 aromatic carbocycles. The number of benzene rings is 1. The van der Waals surface area contributed by atoms with Gasteiger partial charge in [0.05, 0.1) is 6.61 Å². The van der Waals surface area contributed by atoms with Crippen LogP contribution in [-0.2, 0) is 17.8 Å². The molecule has 1 fully saturated rings. The Labute approximate surface area is 123 Å². The van der Waals surface area contributed by atoms with E-state index >= 15 is 0 Å². The first-order valence-corrected chi connectivity index (χ1v) is 7.83. The van der Waals surface area contributed by atoms with Gasteiger partial charge in [0.2, 0.25) is 0 Å². The first-order chi connectivity index (χ1) is 9.79. The van der Waals surface area contributed by atoms with Crippen LogP contribution < -0.4 is 5.32 Å². The molecule has 3 nitrogen and oxygen atoms in total. The lowest BCUT2D eigenvalue weighted by Crippen LogP contribution is -2.31. The highest BCUT2D eigenvalue weighted by Crippen LogP contribution is 2.17. The van der Waals surface area contributed by atoms with E-state index in [1.807, 2.05) is 0 Å². The second-order valence-corrected chi connectivity index (χ2v) is 5.83. The van der Waals surface area contributed by atoms with Crippen LogP contribution in [0.3, 0.4) is 0 Å². The SMILES string of the molecule is CCNCc1ccccc1CN(C)CC1CCCOC1. The van der Waals surface area contributed by atoms with Crippen LogP contribution in [0.25, 0.3) is 0 Å². The van der Waals surface area contributed by atoms with Crippen molar-refractivity contribution in [3.8, 4) is 0 Å². The monoisotopic (exact) mass is 276 g/mol. The Hall–Kier alpha value is -0.900. The van der Waals surface area contributed by atoms with Crippen LogP contribution in [0.1, 0.15) is 30.9 Å². The van der Waals surface area contributed by atoms with Crippen molar-refractivity contribution < 1.29 is 4.74 Å². The zero-order chi connectivity index (χ0) is 14.2. The number of nitrogens with one attached hydrogen (secondary N) is 1. The van der Waals surface area contributed by atoms with E-state index in [1.54, 1.807) is 0 Å². The van der Waals surface area contributed by atoms with Crippen molar-refractivity contribution in [3.05, 3.63) is 35.4 Å². The van der Waals surface area contributed by atoms with Gasteiger partial charge >= 0.3 is 0 Å². The molecular formula is C17H28N2O. The van der Waals surface area contributed by atoms with Crippen LogP contribution in [-0.4, -0.2) is 38.3 Å². The maximum absolute atomic E-state index is 5.57. The summed E-state index contributed by atoms with van der Waals surface area (Å²) in [5.74, 6) is 0.703.